The van der Waals surface area contributed by atoms with Crippen molar-refractivity contribution in [1.29, 1.82) is 0 Å². The van der Waals surface area contributed by atoms with E-state index in [2.05, 4.69) is 15.9 Å². The summed E-state index contributed by atoms with van der Waals surface area (Å²) in [4.78, 5) is 22.2. The summed E-state index contributed by atoms with van der Waals surface area (Å²) in [5.41, 5.74) is -0.0518. The van der Waals surface area contributed by atoms with E-state index in [4.69, 9.17) is 5.11 Å². The lowest BCUT2D eigenvalue weighted by Crippen LogP contribution is -2.16. The second kappa shape index (κ2) is 5.36. The van der Waals surface area contributed by atoms with E-state index in [1.54, 1.807) is 10.6 Å². The molecule has 0 aliphatic carbocycles. The summed E-state index contributed by atoms with van der Waals surface area (Å²) in [5, 5.41) is 8.87. The molecule has 19 heavy (non-hydrogen) atoms. The SMILES string of the molecule is O=C(O)c1cn(Cc2ccc(F)cc2Br)ccc1=O. The lowest BCUT2D eigenvalue weighted by atomic mass is 10.2. The van der Waals surface area contributed by atoms with Crippen molar-refractivity contribution in [2.75, 3.05) is 0 Å². The van der Waals surface area contributed by atoms with Crippen molar-refractivity contribution in [1.82, 2.24) is 4.57 Å². The summed E-state index contributed by atoms with van der Waals surface area (Å²) < 4.78 is 15.1. The molecule has 0 spiro atoms. The number of hydrogen-bond acceptors (Lipinski definition) is 2. The van der Waals surface area contributed by atoms with Crippen LogP contribution < -0.4 is 5.43 Å². The number of aromatic nitrogens is 1. The third kappa shape index (κ3) is 3.08. The van der Waals surface area contributed by atoms with E-state index in [-0.39, 0.29) is 11.4 Å². The van der Waals surface area contributed by atoms with Gasteiger partial charge in [-0.2, -0.15) is 0 Å². The number of nitrogens with zero attached hydrogens (tertiary/aromatic N) is 1. The molecular formula is C13H9BrFNO3. The number of benzene rings is 1. The zero-order valence-electron chi connectivity index (χ0n) is 9.64. The molecule has 0 fully saturated rings. The minimum absolute atomic E-state index is 0.291. The van der Waals surface area contributed by atoms with Crippen LogP contribution in [0, 0.1) is 5.82 Å². The van der Waals surface area contributed by atoms with Crippen molar-refractivity contribution in [3.63, 3.8) is 0 Å². The second-order valence-electron chi connectivity index (χ2n) is 3.94. The molecule has 0 atom stereocenters. The van der Waals surface area contributed by atoms with Crippen molar-refractivity contribution in [2.45, 2.75) is 6.54 Å². The van der Waals surface area contributed by atoms with Crippen LogP contribution in [0.2, 0.25) is 0 Å². The third-order valence-corrected chi connectivity index (χ3v) is 3.31. The average molecular weight is 326 g/mol. The zero-order chi connectivity index (χ0) is 14.0. The van der Waals surface area contributed by atoms with Gasteiger partial charge in [-0.15, -0.1) is 0 Å². The Balaban J connectivity index is 2.36. The number of hydrogen-bond donors (Lipinski definition) is 1. The van der Waals surface area contributed by atoms with Crippen LogP contribution in [-0.2, 0) is 6.54 Å². The van der Waals surface area contributed by atoms with Crippen LogP contribution >= 0.6 is 15.9 Å². The topological polar surface area (TPSA) is 59.3 Å². The molecule has 6 heteroatoms. The second-order valence-corrected chi connectivity index (χ2v) is 4.79. The number of halogens is 2. The Morgan fingerprint density at radius 1 is 1.37 bits per heavy atom. The van der Waals surface area contributed by atoms with E-state index in [1.807, 2.05) is 0 Å². The molecule has 0 aliphatic heterocycles. The Labute approximate surface area is 116 Å². The molecule has 0 amide bonds. The highest BCUT2D eigenvalue weighted by atomic mass is 79.9. The molecule has 2 rings (SSSR count). The van der Waals surface area contributed by atoms with E-state index in [1.165, 1.54) is 30.6 Å². The van der Waals surface area contributed by atoms with Gasteiger partial charge in [0, 0.05) is 29.5 Å². The molecule has 1 aromatic carbocycles. The van der Waals surface area contributed by atoms with Crippen molar-refractivity contribution in [3.8, 4) is 0 Å². The molecule has 1 aromatic heterocycles. The molecule has 0 aliphatic rings. The number of rotatable bonds is 3. The molecule has 1 heterocycles. The molecular weight excluding hydrogens is 317 g/mol. The summed E-state index contributed by atoms with van der Waals surface area (Å²) in [6.45, 7) is 0.335. The van der Waals surface area contributed by atoms with Gasteiger partial charge in [0.15, 0.2) is 5.43 Å². The highest BCUT2D eigenvalue weighted by molar-refractivity contribution is 9.10. The monoisotopic (exact) mass is 325 g/mol. The smallest absolute Gasteiger partial charge is 0.341 e. The maximum Gasteiger partial charge on any atom is 0.341 e. The molecule has 98 valence electrons. The van der Waals surface area contributed by atoms with Gasteiger partial charge in [-0.1, -0.05) is 22.0 Å². The highest BCUT2D eigenvalue weighted by Gasteiger charge is 2.09. The van der Waals surface area contributed by atoms with Gasteiger partial charge in [-0.05, 0) is 17.7 Å². The van der Waals surface area contributed by atoms with E-state index in [9.17, 15) is 14.0 Å². The van der Waals surface area contributed by atoms with Gasteiger partial charge in [0.25, 0.3) is 0 Å². The Morgan fingerprint density at radius 3 is 2.74 bits per heavy atom. The lowest BCUT2D eigenvalue weighted by molar-refractivity contribution is 0.0694. The largest absolute Gasteiger partial charge is 0.477 e. The van der Waals surface area contributed by atoms with E-state index < -0.39 is 11.4 Å². The molecule has 0 radical (unpaired) electrons. The standard InChI is InChI=1S/C13H9BrFNO3/c14-11-5-9(15)2-1-8(11)6-16-4-3-12(17)10(7-16)13(18)19/h1-5,7H,6H2,(H,18,19). The Hall–Kier alpha value is -1.95. The molecule has 0 saturated heterocycles. The molecule has 1 N–H and O–H groups in total. The van der Waals surface area contributed by atoms with E-state index >= 15 is 0 Å². The van der Waals surface area contributed by atoms with Gasteiger partial charge < -0.3 is 9.67 Å². The summed E-state index contributed by atoms with van der Waals surface area (Å²) in [6, 6.07) is 5.44. The first-order chi connectivity index (χ1) is 8.97. The normalized spacial score (nSPS) is 10.4. The first-order valence-corrected chi connectivity index (χ1v) is 6.14. The van der Waals surface area contributed by atoms with Gasteiger partial charge in [0.2, 0.25) is 0 Å². The zero-order valence-corrected chi connectivity index (χ0v) is 11.2. The Bertz CT molecular complexity index is 697. The van der Waals surface area contributed by atoms with Crippen LogP contribution in [-0.4, -0.2) is 15.6 Å². The lowest BCUT2D eigenvalue weighted by Gasteiger charge is -2.09. The number of aromatic carboxylic acids is 1. The van der Waals surface area contributed by atoms with Gasteiger partial charge >= 0.3 is 5.97 Å². The van der Waals surface area contributed by atoms with Crippen LogP contribution in [0.4, 0.5) is 4.39 Å². The van der Waals surface area contributed by atoms with Gasteiger partial charge in [0.05, 0.1) is 0 Å². The molecule has 0 saturated carbocycles. The highest BCUT2D eigenvalue weighted by Crippen LogP contribution is 2.19. The quantitative estimate of drug-likeness (QED) is 0.943. The maximum atomic E-state index is 13.0. The first-order valence-electron chi connectivity index (χ1n) is 5.34. The Kier molecular flexibility index (Phi) is 3.80. The molecule has 2 aromatic rings. The van der Waals surface area contributed by atoms with Crippen molar-refractivity contribution in [2.24, 2.45) is 0 Å². The van der Waals surface area contributed by atoms with Gasteiger partial charge in [0.1, 0.15) is 11.4 Å². The first kappa shape index (κ1) is 13.5. The van der Waals surface area contributed by atoms with Crippen LogP contribution in [0.5, 0.6) is 0 Å². The fourth-order valence-electron chi connectivity index (χ4n) is 1.63. The van der Waals surface area contributed by atoms with Crippen LogP contribution in [0.3, 0.4) is 0 Å². The average Bonchev–Trinajstić information content (AvgIpc) is 2.34. The van der Waals surface area contributed by atoms with Crippen molar-refractivity contribution < 1.29 is 14.3 Å². The predicted octanol–water partition coefficient (Wildman–Crippen LogP) is 2.50. The minimum atomic E-state index is -1.27. The fourth-order valence-corrected chi connectivity index (χ4v) is 2.11. The van der Waals surface area contributed by atoms with E-state index in [0.717, 1.165) is 5.56 Å². The molecule has 0 unspecified atom stereocenters. The van der Waals surface area contributed by atoms with E-state index in [0.29, 0.717) is 11.0 Å². The van der Waals surface area contributed by atoms with Gasteiger partial charge in [-0.25, -0.2) is 9.18 Å². The van der Waals surface area contributed by atoms with Gasteiger partial charge in [-0.3, -0.25) is 4.79 Å². The third-order valence-electron chi connectivity index (χ3n) is 2.58. The van der Waals surface area contributed by atoms with Crippen LogP contribution in [0.25, 0.3) is 0 Å². The van der Waals surface area contributed by atoms with Crippen LogP contribution in [0.15, 0.2) is 45.9 Å². The summed E-state index contributed by atoms with van der Waals surface area (Å²) in [5.74, 6) is -1.63. The molecule has 4 nitrogen and oxygen atoms in total. The number of carboxylic acid groups (broad SMARTS) is 1. The summed E-state index contributed by atoms with van der Waals surface area (Å²) >= 11 is 3.24. The minimum Gasteiger partial charge on any atom is -0.477 e. The maximum absolute atomic E-state index is 13.0. The summed E-state index contributed by atoms with van der Waals surface area (Å²) in [6.07, 6.45) is 2.75. The van der Waals surface area contributed by atoms with Crippen LogP contribution in [0.1, 0.15) is 15.9 Å². The number of pyridine rings is 1. The fraction of sp³-hybridized carbons (Fsp3) is 0.0769. The summed E-state index contributed by atoms with van der Waals surface area (Å²) in [7, 11) is 0. The molecule has 0 bridgehead atoms. The number of carbonyl (C=O) groups is 1. The number of carboxylic acids is 1. The van der Waals surface area contributed by atoms with Crippen molar-refractivity contribution >= 4 is 21.9 Å². The Morgan fingerprint density at radius 2 is 2.11 bits per heavy atom. The van der Waals surface area contributed by atoms with Crippen molar-refractivity contribution in [3.05, 3.63) is 68.3 Å². The predicted molar refractivity (Wildman–Crippen MR) is 70.9 cm³/mol.